The molecule has 0 aliphatic heterocycles. The van der Waals surface area contributed by atoms with Crippen LogP contribution in [-0.2, 0) is 4.79 Å². The molecule has 0 saturated heterocycles. The number of benzene rings is 2. The van der Waals surface area contributed by atoms with E-state index in [-0.39, 0.29) is 18.3 Å². The molecule has 0 aliphatic rings. The fraction of sp³-hybridized carbons (Fsp3) is 0.0667. The lowest BCUT2D eigenvalue weighted by molar-refractivity contribution is -0.119. The molecule has 2 rings (SSSR count). The summed E-state index contributed by atoms with van der Waals surface area (Å²) < 4.78 is 12.7. The number of carbonyl (C=O) groups excluding carboxylic acids is 1. The van der Waals surface area contributed by atoms with Crippen LogP contribution in [0.1, 0.15) is 5.56 Å². The Labute approximate surface area is 126 Å². The van der Waals surface area contributed by atoms with Crippen LogP contribution in [0, 0.1) is 5.82 Å². The van der Waals surface area contributed by atoms with Gasteiger partial charge in [0.1, 0.15) is 5.82 Å². The maximum absolute atomic E-state index is 12.7. The van der Waals surface area contributed by atoms with E-state index in [4.69, 9.17) is 11.6 Å². The van der Waals surface area contributed by atoms with E-state index in [0.29, 0.717) is 10.7 Å². The summed E-state index contributed by atoms with van der Waals surface area (Å²) in [5, 5.41) is 7.28. The summed E-state index contributed by atoms with van der Waals surface area (Å²) in [7, 11) is 0. The first-order valence-corrected chi connectivity index (χ1v) is 6.58. The Morgan fingerprint density at radius 3 is 2.71 bits per heavy atom. The molecular formula is C15H13ClFN3O. The first kappa shape index (κ1) is 15.0. The molecule has 0 atom stereocenters. The van der Waals surface area contributed by atoms with Gasteiger partial charge in [0, 0.05) is 10.7 Å². The van der Waals surface area contributed by atoms with Crippen molar-refractivity contribution < 1.29 is 9.18 Å². The average molecular weight is 306 g/mol. The summed E-state index contributed by atoms with van der Waals surface area (Å²) in [5.74, 6) is -0.631. The van der Waals surface area contributed by atoms with E-state index in [1.807, 2.05) is 6.07 Å². The van der Waals surface area contributed by atoms with Crippen molar-refractivity contribution in [3.63, 3.8) is 0 Å². The molecule has 2 aromatic carbocycles. The standard InChI is InChI=1S/C15H13ClFN3O/c16-12-3-1-2-11(8-12)9-19-20-15(21)10-18-14-6-4-13(17)5-7-14/h1-9,18H,10H2,(H,20,21). The van der Waals surface area contributed by atoms with Gasteiger partial charge in [-0.05, 0) is 42.0 Å². The highest BCUT2D eigenvalue weighted by Crippen LogP contribution is 2.09. The number of hydrogen-bond donors (Lipinski definition) is 2. The fourth-order valence-electron chi connectivity index (χ4n) is 1.56. The number of nitrogens with zero attached hydrogens (tertiary/aromatic N) is 1. The lowest BCUT2D eigenvalue weighted by Gasteiger charge is -2.04. The molecule has 0 saturated carbocycles. The maximum Gasteiger partial charge on any atom is 0.259 e. The molecule has 0 bridgehead atoms. The van der Waals surface area contributed by atoms with E-state index in [0.717, 1.165) is 5.56 Å². The van der Waals surface area contributed by atoms with Crippen molar-refractivity contribution in [3.05, 3.63) is 64.9 Å². The Kier molecular flexibility index (Phi) is 5.29. The molecule has 108 valence electrons. The SMILES string of the molecule is O=C(CNc1ccc(F)cc1)NN=Cc1cccc(Cl)c1. The number of amides is 1. The van der Waals surface area contributed by atoms with Crippen molar-refractivity contribution >= 4 is 29.4 Å². The van der Waals surface area contributed by atoms with Gasteiger partial charge in [0.25, 0.3) is 5.91 Å². The molecule has 6 heteroatoms. The average Bonchev–Trinajstić information content (AvgIpc) is 2.47. The zero-order valence-electron chi connectivity index (χ0n) is 11.0. The second-order valence-corrected chi connectivity index (χ2v) is 4.65. The highest BCUT2D eigenvalue weighted by atomic mass is 35.5. The van der Waals surface area contributed by atoms with Gasteiger partial charge in [-0.25, -0.2) is 9.82 Å². The van der Waals surface area contributed by atoms with Crippen LogP contribution in [0.2, 0.25) is 5.02 Å². The predicted octanol–water partition coefficient (Wildman–Crippen LogP) is 3.04. The smallest absolute Gasteiger partial charge is 0.259 e. The molecule has 0 aliphatic carbocycles. The molecule has 0 heterocycles. The van der Waals surface area contributed by atoms with E-state index >= 15 is 0 Å². The van der Waals surface area contributed by atoms with Crippen LogP contribution in [0.4, 0.5) is 10.1 Å². The molecule has 1 amide bonds. The van der Waals surface area contributed by atoms with Crippen LogP contribution in [0.25, 0.3) is 0 Å². The quantitative estimate of drug-likeness (QED) is 0.659. The van der Waals surface area contributed by atoms with Gasteiger partial charge in [-0.1, -0.05) is 23.7 Å². The van der Waals surface area contributed by atoms with Crippen molar-refractivity contribution in [1.29, 1.82) is 0 Å². The Hall–Kier alpha value is -2.40. The first-order valence-electron chi connectivity index (χ1n) is 6.20. The molecular weight excluding hydrogens is 293 g/mol. The number of halogens is 2. The van der Waals surface area contributed by atoms with Gasteiger partial charge in [0.15, 0.2) is 0 Å². The number of hydrazone groups is 1. The summed E-state index contributed by atoms with van der Waals surface area (Å²) in [6.45, 7) is 0.0402. The zero-order valence-corrected chi connectivity index (χ0v) is 11.8. The third kappa shape index (κ3) is 5.24. The Morgan fingerprint density at radius 1 is 1.24 bits per heavy atom. The van der Waals surface area contributed by atoms with Crippen LogP contribution in [0.3, 0.4) is 0 Å². The van der Waals surface area contributed by atoms with Crippen LogP contribution >= 0.6 is 11.6 Å². The van der Waals surface area contributed by atoms with E-state index in [2.05, 4.69) is 15.8 Å². The minimum Gasteiger partial charge on any atom is -0.376 e. The molecule has 0 spiro atoms. The number of carbonyl (C=O) groups is 1. The van der Waals surface area contributed by atoms with Gasteiger partial charge in [-0.15, -0.1) is 0 Å². The number of rotatable bonds is 5. The van der Waals surface area contributed by atoms with Gasteiger partial charge in [0.05, 0.1) is 12.8 Å². The van der Waals surface area contributed by atoms with Crippen molar-refractivity contribution in [2.24, 2.45) is 5.10 Å². The second-order valence-electron chi connectivity index (χ2n) is 4.21. The minimum atomic E-state index is -0.323. The third-order valence-electron chi connectivity index (χ3n) is 2.55. The highest BCUT2D eigenvalue weighted by molar-refractivity contribution is 6.30. The van der Waals surface area contributed by atoms with Gasteiger partial charge in [0.2, 0.25) is 0 Å². The lowest BCUT2D eigenvalue weighted by Crippen LogP contribution is -2.25. The van der Waals surface area contributed by atoms with Crippen LogP contribution < -0.4 is 10.7 Å². The van der Waals surface area contributed by atoms with Gasteiger partial charge < -0.3 is 5.32 Å². The number of nitrogens with one attached hydrogen (secondary N) is 2. The number of hydrogen-bond acceptors (Lipinski definition) is 3. The molecule has 4 nitrogen and oxygen atoms in total. The Morgan fingerprint density at radius 2 is 2.00 bits per heavy atom. The Balaban J connectivity index is 1.78. The highest BCUT2D eigenvalue weighted by Gasteiger charge is 1.99. The van der Waals surface area contributed by atoms with Gasteiger partial charge >= 0.3 is 0 Å². The maximum atomic E-state index is 12.7. The van der Waals surface area contributed by atoms with Crippen molar-refractivity contribution in [3.8, 4) is 0 Å². The molecule has 2 N–H and O–H groups in total. The molecule has 21 heavy (non-hydrogen) atoms. The molecule has 0 unspecified atom stereocenters. The van der Waals surface area contributed by atoms with Crippen molar-refractivity contribution in [1.82, 2.24) is 5.43 Å². The molecule has 0 fully saturated rings. The minimum absolute atomic E-state index is 0.0402. The van der Waals surface area contributed by atoms with Crippen LogP contribution in [0.5, 0.6) is 0 Å². The fourth-order valence-corrected chi connectivity index (χ4v) is 1.75. The first-order chi connectivity index (χ1) is 10.1. The molecule has 0 radical (unpaired) electrons. The summed E-state index contributed by atoms with van der Waals surface area (Å²) in [6.07, 6.45) is 1.50. The van der Waals surface area contributed by atoms with Crippen molar-refractivity contribution in [2.75, 3.05) is 11.9 Å². The number of anilines is 1. The normalized spacial score (nSPS) is 10.6. The van der Waals surface area contributed by atoms with Crippen LogP contribution in [-0.4, -0.2) is 18.7 Å². The van der Waals surface area contributed by atoms with E-state index in [1.165, 1.54) is 18.3 Å². The van der Waals surface area contributed by atoms with Crippen LogP contribution in [0.15, 0.2) is 53.6 Å². The summed E-state index contributed by atoms with van der Waals surface area (Å²) >= 11 is 5.83. The predicted molar refractivity (Wildman–Crippen MR) is 82.1 cm³/mol. The molecule has 2 aromatic rings. The van der Waals surface area contributed by atoms with Crippen molar-refractivity contribution in [2.45, 2.75) is 0 Å². The summed E-state index contributed by atoms with van der Waals surface area (Å²) in [6, 6.07) is 12.8. The van der Waals surface area contributed by atoms with E-state index in [1.54, 1.807) is 30.3 Å². The van der Waals surface area contributed by atoms with E-state index in [9.17, 15) is 9.18 Å². The van der Waals surface area contributed by atoms with Gasteiger partial charge in [-0.2, -0.15) is 5.10 Å². The van der Waals surface area contributed by atoms with E-state index < -0.39 is 0 Å². The third-order valence-corrected chi connectivity index (χ3v) is 2.78. The Bertz CT molecular complexity index is 644. The second kappa shape index (κ2) is 7.40. The lowest BCUT2D eigenvalue weighted by atomic mass is 10.2. The summed E-state index contributed by atoms with van der Waals surface area (Å²) in [5.41, 5.74) is 3.83. The zero-order chi connectivity index (χ0) is 15.1. The summed E-state index contributed by atoms with van der Waals surface area (Å²) in [4.78, 5) is 11.6. The monoisotopic (exact) mass is 305 g/mol. The largest absolute Gasteiger partial charge is 0.376 e. The molecule has 0 aromatic heterocycles. The topological polar surface area (TPSA) is 53.5 Å². The van der Waals surface area contributed by atoms with Gasteiger partial charge in [-0.3, -0.25) is 4.79 Å².